The van der Waals surface area contributed by atoms with Gasteiger partial charge >= 0.3 is 6.09 Å². The Morgan fingerprint density at radius 1 is 1.27 bits per heavy atom. The summed E-state index contributed by atoms with van der Waals surface area (Å²) in [5, 5.41) is 2.82. The first kappa shape index (κ1) is 18.4. The Morgan fingerprint density at radius 2 is 1.96 bits per heavy atom. The third kappa shape index (κ3) is 4.39. The van der Waals surface area contributed by atoms with E-state index in [1.54, 1.807) is 24.0 Å². The number of anilines is 1. The van der Waals surface area contributed by atoms with Crippen molar-refractivity contribution in [2.24, 2.45) is 0 Å². The smallest absolute Gasteiger partial charge is 0.410 e. The zero-order chi connectivity index (χ0) is 18.9. The van der Waals surface area contributed by atoms with Gasteiger partial charge in [-0.05, 0) is 39.8 Å². The van der Waals surface area contributed by atoms with Crippen LogP contribution in [0.15, 0.2) is 18.2 Å². The molecular formula is C19H26N2O5. The van der Waals surface area contributed by atoms with Crippen LogP contribution in [0.3, 0.4) is 0 Å². The molecule has 3 rings (SSSR count). The Hall–Kier alpha value is -2.44. The maximum Gasteiger partial charge on any atom is 0.410 e. The average Bonchev–Trinajstić information content (AvgIpc) is 2.55. The molecular weight excluding hydrogens is 336 g/mol. The van der Waals surface area contributed by atoms with E-state index in [1.807, 2.05) is 26.8 Å². The van der Waals surface area contributed by atoms with Gasteiger partial charge in [-0.1, -0.05) is 0 Å². The van der Waals surface area contributed by atoms with Gasteiger partial charge in [-0.3, -0.25) is 4.79 Å². The molecule has 0 radical (unpaired) electrons. The van der Waals surface area contributed by atoms with Gasteiger partial charge in [0.25, 0.3) is 5.91 Å². The SMILES string of the molecule is CC1Oc2ccc(OC3CCN(C(=O)OC(C)(C)C)CC3)cc2NC1=O. The second kappa shape index (κ2) is 7.05. The summed E-state index contributed by atoms with van der Waals surface area (Å²) in [5.41, 5.74) is 0.134. The van der Waals surface area contributed by atoms with Crippen molar-refractivity contribution >= 4 is 17.7 Å². The Kier molecular flexibility index (Phi) is 4.98. The lowest BCUT2D eigenvalue weighted by molar-refractivity contribution is -0.122. The lowest BCUT2D eigenvalue weighted by atomic mass is 10.1. The van der Waals surface area contributed by atoms with E-state index in [0.717, 1.165) is 12.8 Å². The van der Waals surface area contributed by atoms with Gasteiger partial charge < -0.3 is 24.4 Å². The number of fused-ring (bicyclic) bond motifs is 1. The quantitative estimate of drug-likeness (QED) is 0.874. The van der Waals surface area contributed by atoms with Crippen LogP contribution in [0.4, 0.5) is 10.5 Å². The summed E-state index contributed by atoms with van der Waals surface area (Å²) >= 11 is 0. The summed E-state index contributed by atoms with van der Waals surface area (Å²) < 4.78 is 17.0. The number of rotatable bonds is 2. The third-order valence-corrected chi connectivity index (χ3v) is 4.28. The Morgan fingerprint density at radius 3 is 2.62 bits per heavy atom. The standard InChI is InChI=1S/C19H26N2O5/c1-12-17(22)20-15-11-14(5-6-16(15)24-12)25-13-7-9-21(10-8-13)18(23)26-19(2,3)4/h5-6,11-13H,7-10H2,1-4H3,(H,20,22). The average molecular weight is 362 g/mol. The van der Waals surface area contributed by atoms with Crippen LogP contribution in [0.25, 0.3) is 0 Å². The fraction of sp³-hybridized carbons (Fsp3) is 0.579. The number of hydrogen-bond acceptors (Lipinski definition) is 5. The summed E-state index contributed by atoms with van der Waals surface area (Å²) in [7, 11) is 0. The number of piperidine rings is 1. The van der Waals surface area contributed by atoms with Crippen molar-refractivity contribution in [2.75, 3.05) is 18.4 Å². The van der Waals surface area contributed by atoms with Crippen molar-refractivity contribution in [1.29, 1.82) is 0 Å². The fourth-order valence-corrected chi connectivity index (χ4v) is 2.94. The molecule has 2 aliphatic heterocycles. The minimum absolute atomic E-state index is 0.0193. The van der Waals surface area contributed by atoms with Crippen molar-refractivity contribution in [3.63, 3.8) is 0 Å². The van der Waals surface area contributed by atoms with E-state index in [2.05, 4.69) is 5.32 Å². The van der Waals surface area contributed by atoms with E-state index in [9.17, 15) is 9.59 Å². The molecule has 1 atom stereocenters. The number of carbonyl (C=O) groups is 2. The highest BCUT2D eigenvalue weighted by Gasteiger charge is 2.28. The first-order valence-corrected chi connectivity index (χ1v) is 8.97. The van der Waals surface area contributed by atoms with Crippen molar-refractivity contribution in [2.45, 2.75) is 58.3 Å². The van der Waals surface area contributed by atoms with Crippen LogP contribution < -0.4 is 14.8 Å². The van der Waals surface area contributed by atoms with Gasteiger partial charge in [0, 0.05) is 32.0 Å². The summed E-state index contributed by atoms with van der Waals surface area (Å²) in [5.74, 6) is 1.16. The largest absolute Gasteiger partial charge is 0.490 e. The van der Waals surface area contributed by atoms with E-state index in [4.69, 9.17) is 14.2 Å². The van der Waals surface area contributed by atoms with Crippen molar-refractivity contribution in [1.82, 2.24) is 4.90 Å². The lowest BCUT2D eigenvalue weighted by Crippen LogP contribution is -2.44. The predicted octanol–water partition coefficient (Wildman–Crippen LogP) is 3.18. The summed E-state index contributed by atoms with van der Waals surface area (Å²) in [6.07, 6.45) is 0.711. The summed E-state index contributed by atoms with van der Waals surface area (Å²) in [6, 6.07) is 5.42. The minimum atomic E-state index is -0.494. The van der Waals surface area contributed by atoms with E-state index in [1.165, 1.54) is 0 Å². The maximum absolute atomic E-state index is 12.1. The molecule has 2 aliphatic rings. The van der Waals surface area contributed by atoms with Gasteiger partial charge in [0.05, 0.1) is 5.69 Å². The molecule has 1 saturated heterocycles. The topological polar surface area (TPSA) is 77.1 Å². The number of nitrogens with zero attached hydrogens (tertiary/aromatic N) is 1. The minimum Gasteiger partial charge on any atom is -0.490 e. The Balaban J connectivity index is 1.55. The molecule has 7 heteroatoms. The number of likely N-dealkylation sites (tertiary alicyclic amines) is 1. The maximum atomic E-state index is 12.1. The van der Waals surface area contributed by atoms with Crippen LogP contribution in [0, 0.1) is 0 Å². The van der Waals surface area contributed by atoms with Crippen LogP contribution >= 0.6 is 0 Å². The molecule has 0 bridgehead atoms. The monoisotopic (exact) mass is 362 g/mol. The number of carbonyl (C=O) groups excluding carboxylic acids is 2. The Labute approximate surface area is 153 Å². The van der Waals surface area contributed by atoms with Gasteiger partial charge in [0.2, 0.25) is 0 Å². The number of ether oxygens (including phenoxy) is 3. The highest BCUT2D eigenvalue weighted by atomic mass is 16.6. The molecule has 1 fully saturated rings. The molecule has 7 nitrogen and oxygen atoms in total. The molecule has 2 heterocycles. The predicted molar refractivity (Wildman–Crippen MR) is 96.6 cm³/mol. The van der Waals surface area contributed by atoms with Crippen molar-refractivity contribution < 1.29 is 23.8 Å². The molecule has 1 N–H and O–H groups in total. The van der Waals surface area contributed by atoms with Gasteiger partial charge in [0.15, 0.2) is 6.10 Å². The van der Waals surface area contributed by atoms with Gasteiger partial charge in [-0.25, -0.2) is 4.79 Å². The molecule has 26 heavy (non-hydrogen) atoms. The fourth-order valence-electron chi connectivity index (χ4n) is 2.94. The van der Waals surface area contributed by atoms with Crippen LogP contribution in [-0.2, 0) is 9.53 Å². The molecule has 1 aromatic rings. The number of amides is 2. The van der Waals surface area contributed by atoms with Crippen molar-refractivity contribution in [3.05, 3.63) is 18.2 Å². The van der Waals surface area contributed by atoms with E-state index >= 15 is 0 Å². The van der Waals surface area contributed by atoms with Crippen LogP contribution in [0.2, 0.25) is 0 Å². The van der Waals surface area contributed by atoms with Crippen LogP contribution in [0.1, 0.15) is 40.5 Å². The van der Waals surface area contributed by atoms with Gasteiger partial charge in [-0.15, -0.1) is 0 Å². The number of hydrogen-bond donors (Lipinski definition) is 1. The van der Waals surface area contributed by atoms with E-state index in [-0.39, 0.29) is 18.1 Å². The third-order valence-electron chi connectivity index (χ3n) is 4.28. The molecule has 0 spiro atoms. The van der Waals surface area contributed by atoms with E-state index < -0.39 is 11.7 Å². The second-order valence-corrected chi connectivity index (χ2v) is 7.69. The first-order valence-electron chi connectivity index (χ1n) is 8.97. The molecule has 1 aromatic carbocycles. The van der Waals surface area contributed by atoms with E-state index in [0.29, 0.717) is 30.3 Å². The normalized spacial score (nSPS) is 20.7. The zero-order valence-electron chi connectivity index (χ0n) is 15.7. The van der Waals surface area contributed by atoms with Gasteiger partial charge in [-0.2, -0.15) is 0 Å². The number of nitrogens with one attached hydrogen (secondary N) is 1. The number of benzene rings is 1. The van der Waals surface area contributed by atoms with Gasteiger partial charge in [0.1, 0.15) is 23.2 Å². The second-order valence-electron chi connectivity index (χ2n) is 7.69. The Bertz CT molecular complexity index is 690. The molecule has 0 aliphatic carbocycles. The summed E-state index contributed by atoms with van der Waals surface area (Å²) in [4.78, 5) is 25.6. The zero-order valence-corrected chi connectivity index (χ0v) is 15.7. The first-order chi connectivity index (χ1) is 12.2. The highest BCUT2D eigenvalue weighted by Crippen LogP contribution is 2.34. The van der Waals surface area contributed by atoms with Crippen LogP contribution in [0.5, 0.6) is 11.5 Å². The molecule has 0 saturated carbocycles. The molecule has 1 unspecified atom stereocenters. The highest BCUT2D eigenvalue weighted by molar-refractivity contribution is 5.97. The van der Waals surface area contributed by atoms with Crippen molar-refractivity contribution in [3.8, 4) is 11.5 Å². The molecule has 142 valence electrons. The summed E-state index contributed by atoms with van der Waals surface area (Å²) in [6.45, 7) is 8.49. The molecule has 0 aromatic heterocycles. The van der Waals surface area contributed by atoms with Crippen LogP contribution in [-0.4, -0.2) is 47.8 Å². The molecule has 2 amide bonds. The lowest BCUT2D eigenvalue weighted by Gasteiger charge is -2.33.